The molecule has 0 spiro atoms. The van der Waals surface area contributed by atoms with Gasteiger partial charge in [-0.25, -0.2) is 9.67 Å². The third-order valence-corrected chi connectivity index (χ3v) is 5.24. The van der Waals surface area contributed by atoms with E-state index >= 15 is 0 Å². The molecule has 2 amide bonds. The Morgan fingerprint density at radius 2 is 1.79 bits per heavy atom. The summed E-state index contributed by atoms with van der Waals surface area (Å²) in [6.45, 7) is 5.05. The molecule has 2 heterocycles. The van der Waals surface area contributed by atoms with E-state index in [4.69, 9.17) is 0 Å². The van der Waals surface area contributed by atoms with Gasteiger partial charge in [0.2, 0.25) is 11.7 Å². The van der Waals surface area contributed by atoms with E-state index in [0.29, 0.717) is 18.9 Å². The van der Waals surface area contributed by atoms with Crippen molar-refractivity contribution in [2.24, 2.45) is 0 Å². The van der Waals surface area contributed by atoms with Gasteiger partial charge in [-0.2, -0.15) is 0 Å². The van der Waals surface area contributed by atoms with Gasteiger partial charge in [0.05, 0.1) is 17.1 Å². The Balaban J connectivity index is 1.90. The molecule has 0 N–H and O–H groups in total. The molecule has 0 fully saturated rings. The maximum atomic E-state index is 12.9. The van der Waals surface area contributed by atoms with Crippen molar-refractivity contribution in [3.8, 4) is 16.4 Å². The van der Waals surface area contributed by atoms with Crippen LogP contribution in [0.1, 0.15) is 24.5 Å². The summed E-state index contributed by atoms with van der Waals surface area (Å²) < 4.78 is 1.67. The molecule has 0 aliphatic carbocycles. The Bertz CT molecular complexity index is 933. The number of nitrogens with zero attached hydrogens (tertiary/aromatic N) is 5. The number of carbonyl (C=O) groups is 2. The third-order valence-electron chi connectivity index (χ3n) is 4.38. The molecular weight excluding hydrogens is 374 g/mol. The van der Waals surface area contributed by atoms with Crippen LogP contribution in [0.2, 0.25) is 0 Å². The van der Waals surface area contributed by atoms with Gasteiger partial charge in [-0.15, -0.1) is 16.4 Å². The zero-order valence-electron chi connectivity index (χ0n) is 16.2. The smallest absolute Gasteiger partial charge is 0.293 e. The first-order valence-corrected chi connectivity index (χ1v) is 10.0. The first-order valence-electron chi connectivity index (χ1n) is 9.14. The average Bonchev–Trinajstić information content (AvgIpc) is 3.38. The number of benzene rings is 1. The molecule has 0 saturated carbocycles. The number of aromatic nitrogens is 3. The monoisotopic (exact) mass is 397 g/mol. The fourth-order valence-corrected chi connectivity index (χ4v) is 3.54. The normalized spacial score (nSPS) is 10.7. The van der Waals surface area contributed by atoms with E-state index < -0.39 is 0 Å². The zero-order chi connectivity index (χ0) is 20.1. The second-order valence-electron chi connectivity index (χ2n) is 6.21. The van der Waals surface area contributed by atoms with Crippen LogP contribution < -0.4 is 0 Å². The number of likely N-dealkylation sites (N-methyl/N-ethyl adjacent to an activating group) is 2. The second kappa shape index (κ2) is 8.79. The first kappa shape index (κ1) is 19.8. The fourth-order valence-electron chi connectivity index (χ4n) is 2.84. The van der Waals surface area contributed by atoms with Crippen LogP contribution >= 0.6 is 11.3 Å². The lowest BCUT2D eigenvalue weighted by Crippen LogP contribution is -2.41. The van der Waals surface area contributed by atoms with Crippen LogP contribution in [0.5, 0.6) is 0 Å². The van der Waals surface area contributed by atoms with Gasteiger partial charge >= 0.3 is 0 Å². The lowest BCUT2D eigenvalue weighted by atomic mass is 10.3. The largest absolute Gasteiger partial charge is 0.342 e. The molecule has 2 aromatic heterocycles. The van der Waals surface area contributed by atoms with Gasteiger partial charge in [0.1, 0.15) is 0 Å². The molecule has 0 saturated heterocycles. The van der Waals surface area contributed by atoms with Gasteiger partial charge in [-0.1, -0.05) is 24.3 Å². The highest BCUT2D eigenvalue weighted by molar-refractivity contribution is 7.13. The molecular formula is C20H23N5O2S. The van der Waals surface area contributed by atoms with Crippen LogP contribution in [-0.4, -0.2) is 63.1 Å². The average molecular weight is 398 g/mol. The van der Waals surface area contributed by atoms with Gasteiger partial charge in [-0.3, -0.25) is 9.59 Å². The summed E-state index contributed by atoms with van der Waals surface area (Å²) >= 11 is 1.53. The van der Waals surface area contributed by atoms with E-state index in [9.17, 15) is 9.59 Å². The van der Waals surface area contributed by atoms with Gasteiger partial charge in [-0.05, 0) is 37.4 Å². The summed E-state index contributed by atoms with van der Waals surface area (Å²) in [4.78, 5) is 33.6. The third kappa shape index (κ3) is 4.12. The van der Waals surface area contributed by atoms with Crippen LogP contribution in [-0.2, 0) is 4.79 Å². The van der Waals surface area contributed by atoms with Crippen molar-refractivity contribution in [3.05, 3.63) is 53.7 Å². The SMILES string of the molecule is CCN(CC)C(=O)CN(C)C(=O)c1nc(-c2cccs2)n(-c2ccccc2)n1. The standard InChI is InChI=1S/C20H23N5O2S/c1-4-24(5-2)17(26)14-23(3)20(27)18-21-19(16-12-9-13-28-16)25(22-18)15-10-7-6-8-11-15/h6-13H,4-5,14H2,1-3H3. The van der Waals surface area contributed by atoms with E-state index in [-0.39, 0.29) is 24.2 Å². The molecule has 146 valence electrons. The van der Waals surface area contributed by atoms with Gasteiger partial charge in [0, 0.05) is 20.1 Å². The fraction of sp³-hybridized carbons (Fsp3) is 0.300. The van der Waals surface area contributed by atoms with Crippen LogP contribution in [0.4, 0.5) is 0 Å². The Morgan fingerprint density at radius 1 is 1.07 bits per heavy atom. The quantitative estimate of drug-likeness (QED) is 0.615. The van der Waals surface area contributed by atoms with Gasteiger partial charge < -0.3 is 9.80 Å². The lowest BCUT2D eigenvalue weighted by molar-refractivity contribution is -0.131. The van der Waals surface area contributed by atoms with Gasteiger partial charge in [0.25, 0.3) is 5.91 Å². The predicted octanol–water partition coefficient (Wildman–Crippen LogP) is 2.94. The van der Waals surface area contributed by atoms with Crippen molar-refractivity contribution in [2.45, 2.75) is 13.8 Å². The molecule has 0 atom stereocenters. The summed E-state index contributed by atoms with van der Waals surface area (Å²) in [5, 5.41) is 6.40. The van der Waals surface area contributed by atoms with Crippen molar-refractivity contribution in [3.63, 3.8) is 0 Å². The zero-order valence-corrected chi connectivity index (χ0v) is 17.0. The van der Waals surface area contributed by atoms with Crippen molar-refractivity contribution in [2.75, 3.05) is 26.7 Å². The highest BCUT2D eigenvalue weighted by Crippen LogP contribution is 2.25. The van der Waals surface area contributed by atoms with E-state index in [1.54, 1.807) is 16.6 Å². The maximum Gasteiger partial charge on any atom is 0.293 e. The molecule has 0 unspecified atom stereocenters. The topological polar surface area (TPSA) is 71.3 Å². The molecule has 0 bridgehead atoms. The molecule has 3 rings (SSSR count). The number of carbonyl (C=O) groups excluding carboxylic acids is 2. The number of rotatable bonds is 7. The lowest BCUT2D eigenvalue weighted by Gasteiger charge is -2.22. The molecule has 8 heteroatoms. The number of amides is 2. The van der Waals surface area contributed by atoms with Crippen molar-refractivity contribution < 1.29 is 9.59 Å². The summed E-state index contributed by atoms with van der Waals surface area (Å²) in [6.07, 6.45) is 0. The highest BCUT2D eigenvalue weighted by atomic mass is 32.1. The molecule has 7 nitrogen and oxygen atoms in total. The number of hydrogen-bond acceptors (Lipinski definition) is 5. The molecule has 0 aliphatic rings. The summed E-state index contributed by atoms with van der Waals surface area (Å²) in [5.74, 6) is 0.199. The van der Waals surface area contributed by atoms with E-state index in [2.05, 4.69) is 10.1 Å². The predicted molar refractivity (Wildman–Crippen MR) is 110 cm³/mol. The molecule has 0 aliphatic heterocycles. The molecule has 0 radical (unpaired) electrons. The minimum absolute atomic E-state index is 0.00523. The van der Waals surface area contributed by atoms with Crippen molar-refractivity contribution in [1.82, 2.24) is 24.6 Å². The molecule has 3 aromatic rings. The molecule has 1 aromatic carbocycles. The van der Waals surface area contributed by atoms with Crippen LogP contribution in [0, 0.1) is 0 Å². The summed E-state index contributed by atoms with van der Waals surface area (Å²) in [7, 11) is 1.60. The van der Waals surface area contributed by atoms with Crippen molar-refractivity contribution >= 4 is 23.2 Å². The minimum Gasteiger partial charge on any atom is -0.342 e. The maximum absolute atomic E-state index is 12.9. The minimum atomic E-state index is -0.381. The van der Waals surface area contributed by atoms with Gasteiger partial charge in [0.15, 0.2) is 5.82 Å². The van der Waals surface area contributed by atoms with E-state index in [0.717, 1.165) is 10.6 Å². The molecule has 28 heavy (non-hydrogen) atoms. The Kier molecular flexibility index (Phi) is 6.20. The summed E-state index contributed by atoms with van der Waals surface area (Å²) in [5.41, 5.74) is 0.819. The van der Waals surface area contributed by atoms with Crippen molar-refractivity contribution in [1.29, 1.82) is 0 Å². The Morgan fingerprint density at radius 3 is 2.39 bits per heavy atom. The summed E-state index contributed by atoms with van der Waals surface area (Å²) in [6, 6.07) is 13.4. The van der Waals surface area contributed by atoms with E-state index in [1.165, 1.54) is 16.2 Å². The highest BCUT2D eigenvalue weighted by Gasteiger charge is 2.24. The van der Waals surface area contributed by atoms with Crippen LogP contribution in [0.15, 0.2) is 47.8 Å². The van der Waals surface area contributed by atoms with Crippen LogP contribution in [0.3, 0.4) is 0 Å². The van der Waals surface area contributed by atoms with E-state index in [1.807, 2.05) is 61.7 Å². The second-order valence-corrected chi connectivity index (χ2v) is 7.16. The number of hydrogen-bond donors (Lipinski definition) is 0. The van der Waals surface area contributed by atoms with Crippen LogP contribution in [0.25, 0.3) is 16.4 Å². The Hall–Kier alpha value is -3.00. The number of para-hydroxylation sites is 1. The first-order chi connectivity index (χ1) is 13.5. The Labute approximate surface area is 168 Å². The number of thiophene rings is 1.